The number of nitrogens with zero attached hydrogens (tertiary/aromatic N) is 2. The van der Waals surface area contributed by atoms with Crippen molar-refractivity contribution in [3.8, 4) is 0 Å². The fraction of sp³-hybridized carbons (Fsp3) is 0.278. The van der Waals surface area contributed by atoms with Gasteiger partial charge in [-0.3, -0.25) is 0 Å². The number of nitrogens with one attached hydrogen (secondary N) is 2. The van der Waals surface area contributed by atoms with Crippen molar-refractivity contribution in [1.82, 2.24) is 15.2 Å². The molecule has 0 aliphatic heterocycles. The van der Waals surface area contributed by atoms with Crippen LogP contribution in [0.1, 0.15) is 12.7 Å². The molecule has 0 saturated carbocycles. The summed E-state index contributed by atoms with van der Waals surface area (Å²) in [7, 11) is 0. The second-order valence-electron chi connectivity index (χ2n) is 5.29. The van der Waals surface area contributed by atoms with Gasteiger partial charge in [0.1, 0.15) is 17.9 Å². The van der Waals surface area contributed by atoms with Crippen LogP contribution >= 0.6 is 24.0 Å². The van der Waals surface area contributed by atoms with Gasteiger partial charge in [-0.1, -0.05) is 18.2 Å². The summed E-state index contributed by atoms with van der Waals surface area (Å²) in [6.45, 7) is 5.13. The third-order valence-corrected chi connectivity index (χ3v) is 3.54. The number of aliphatic imine (C=N–C) groups is 1. The van der Waals surface area contributed by atoms with Crippen LogP contribution in [0.25, 0.3) is 11.0 Å². The largest absolute Gasteiger partial charge is 0.459 e. The Morgan fingerprint density at radius 3 is 2.67 bits per heavy atom. The molecule has 0 bridgehead atoms. The maximum absolute atomic E-state index is 5.79. The second kappa shape index (κ2) is 9.36. The number of para-hydroxylation sites is 1. The van der Waals surface area contributed by atoms with Gasteiger partial charge in [-0.25, -0.2) is 4.99 Å². The summed E-state index contributed by atoms with van der Waals surface area (Å²) in [5.74, 6) is 1.67. The van der Waals surface area contributed by atoms with E-state index in [0.29, 0.717) is 6.54 Å². The van der Waals surface area contributed by atoms with Gasteiger partial charge in [-0.2, -0.15) is 0 Å². The summed E-state index contributed by atoms with van der Waals surface area (Å²) < 4.78 is 7.93. The first-order valence-corrected chi connectivity index (χ1v) is 7.95. The lowest BCUT2D eigenvalue weighted by Crippen LogP contribution is -2.38. The number of benzene rings is 1. The number of aromatic nitrogens is 1. The topological polar surface area (TPSA) is 54.5 Å². The Bertz CT molecular complexity index is 731. The van der Waals surface area contributed by atoms with Gasteiger partial charge in [0.05, 0.1) is 0 Å². The van der Waals surface area contributed by atoms with Gasteiger partial charge in [0.25, 0.3) is 0 Å². The van der Waals surface area contributed by atoms with E-state index in [2.05, 4.69) is 39.5 Å². The fourth-order valence-corrected chi connectivity index (χ4v) is 2.44. The third-order valence-electron chi connectivity index (χ3n) is 3.54. The number of rotatable bonds is 6. The van der Waals surface area contributed by atoms with Gasteiger partial charge in [0.2, 0.25) is 0 Å². The highest BCUT2D eigenvalue weighted by atomic mass is 127. The number of furan rings is 1. The van der Waals surface area contributed by atoms with Gasteiger partial charge < -0.3 is 19.6 Å². The molecule has 5 nitrogen and oxygen atoms in total. The van der Waals surface area contributed by atoms with Crippen molar-refractivity contribution in [1.29, 1.82) is 0 Å². The Kier molecular flexibility index (Phi) is 7.17. The fourth-order valence-electron chi connectivity index (χ4n) is 2.44. The molecular weight excluding hydrogens is 415 g/mol. The summed E-state index contributed by atoms with van der Waals surface area (Å²) in [5.41, 5.74) is 0.906. The minimum Gasteiger partial charge on any atom is -0.459 e. The number of halogens is 1. The van der Waals surface area contributed by atoms with Crippen molar-refractivity contribution < 1.29 is 4.42 Å². The average Bonchev–Trinajstić information content (AvgIpc) is 3.21. The predicted molar refractivity (Wildman–Crippen MR) is 109 cm³/mol. The van der Waals surface area contributed by atoms with Crippen LogP contribution < -0.4 is 10.6 Å². The summed E-state index contributed by atoms with van der Waals surface area (Å²) >= 11 is 0. The van der Waals surface area contributed by atoms with Crippen LogP contribution in [-0.2, 0) is 13.1 Å². The first-order valence-electron chi connectivity index (χ1n) is 7.95. The molecule has 0 unspecified atom stereocenters. The zero-order valence-electron chi connectivity index (χ0n) is 13.7. The molecule has 128 valence electrons. The highest BCUT2D eigenvalue weighted by Crippen LogP contribution is 2.19. The highest BCUT2D eigenvalue weighted by molar-refractivity contribution is 14.0. The van der Waals surface area contributed by atoms with E-state index in [1.165, 1.54) is 0 Å². The van der Waals surface area contributed by atoms with Crippen LogP contribution in [0.15, 0.2) is 64.3 Å². The number of hydrogen-bond donors (Lipinski definition) is 2. The molecular formula is C18H23IN4O. The smallest absolute Gasteiger partial charge is 0.191 e. The monoisotopic (exact) mass is 438 g/mol. The molecule has 0 aliphatic carbocycles. The molecule has 0 fully saturated rings. The Morgan fingerprint density at radius 1 is 1.12 bits per heavy atom. The van der Waals surface area contributed by atoms with Crippen LogP contribution in [0.4, 0.5) is 0 Å². The summed E-state index contributed by atoms with van der Waals surface area (Å²) in [6, 6.07) is 14.1. The molecule has 1 aromatic carbocycles. The van der Waals surface area contributed by atoms with Crippen molar-refractivity contribution in [2.45, 2.75) is 20.0 Å². The SMILES string of the molecule is CCNC(=NCc1cc2ccccc2o1)NCCn1cccc1.I. The zero-order chi connectivity index (χ0) is 15.9. The van der Waals surface area contributed by atoms with Gasteiger partial charge >= 0.3 is 0 Å². The lowest BCUT2D eigenvalue weighted by atomic mass is 10.2. The van der Waals surface area contributed by atoms with E-state index in [1.807, 2.05) is 42.5 Å². The van der Waals surface area contributed by atoms with E-state index in [1.54, 1.807) is 0 Å². The van der Waals surface area contributed by atoms with Crippen molar-refractivity contribution in [3.63, 3.8) is 0 Å². The van der Waals surface area contributed by atoms with Crippen molar-refractivity contribution >= 4 is 40.9 Å². The minimum atomic E-state index is 0. The van der Waals surface area contributed by atoms with Crippen LogP contribution in [0.2, 0.25) is 0 Å². The number of fused-ring (bicyclic) bond motifs is 1. The van der Waals surface area contributed by atoms with Gasteiger partial charge in [-0.05, 0) is 31.2 Å². The maximum Gasteiger partial charge on any atom is 0.191 e. The molecule has 0 saturated heterocycles. The first kappa shape index (κ1) is 18.4. The molecule has 2 aromatic heterocycles. The van der Waals surface area contributed by atoms with Gasteiger partial charge in [0, 0.05) is 37.4 Å². The molecule has 0 aliphatic rings. The lowest BCUT2D eigenvalue weighted by Gasteiger charge is -2.11. The Labute approximate surface area is 159 Å². The van der Waals surface area contributed by atoms with Gasteiger partial charge in [-0.15, -0.1) is 24.0 Å². The lowest BCUT2D eigenvalue weighted by molar-refractivity contribution is 0.551. The van der Waals surface area contributed by atoms with E-state index in [9.17, 15) is 0 Å². The summed E-state index contributed by atoms with van der Waals surface area (Å²) in [6.07, 6.45) is 4.11. The van der Waals surface area contributed by atoms with Crippen molar-refractivity contribution in [3.05, 3.63) is 60.6 Å². The Morgan fingerprint density at radius 2 is 1.92 bits per heavy atom. The first-order chi connectivity index (χ1) is 11.3. The van der Waals surface area contributed by atoms with Crippen LogP contribution in [0.3, 0.4) is 0 Å². The second-order valence-corrected chi connectivity index (χ2v) is 5.29. The third kappa shape index (κ3) is 5.02. The van der Waals surface area contributed by atoms with Crippen molar-refractivity contribution in [2.75, 3.05) is 13.1 Å². The van der Waals surface area contributed by atoms with Gasteiger partial charge in [0.15, 0.2) is 5.96 Å². The van der Waals surface area contributed by atoms with E-state index in [4.69, 9.17) is 4.42 Å². The molecule has 0 radical (unpaired) electrons. The zero-order valence-corrected chi connectivity index (χ0v) is 16.1. The van der Waals surface area contributed by atoms with E-state index < -0.39 is 0 Å². The Hall–Kier alpha value is -1.96. The predicted octanol–water partition coefficient (Wildman–Crippen LogP) is 3.61. The molecule has 3 rings (SSSR count). The number of guanidine groups is 1. The van der Waals surface area contributed by atoms with E-state index in [-0.39, 0.29) is 24.0 Å². The molecule has 2 N–H and O–H groups in total. The highest BCUT2D eigenvalue weighted by Gasteiger charge is 2.03. The van der Waals surface area contributed by atoms with Crippen LogP contribution in [0, 0.1) is 0 Å². The molecule has 3 aromatic rings. The molecule has 24 heavy (non-hydrogen) atoms. The molecule has 6 heteroatoms. The molecule has 0 spiro atoms. The Balaban J connectivity index is 0.00000208. The quantitative estimate of drug-likeness (QED) is 0.351. The van der Waals surface area contributed by atoms with E-state index >= 15 is 0 Å². The molecule has 0 amide bonds. The van der Waals surface area contributed by atoms with Crippen LogP contribution in [0.5, 0.6) is 0 Å². The maximum atomic E-state index is 5.79. The average molecular weight is 438 g/mol. The van der Waals surface area contributed by atoms with Crippen molar-refractivity contribution in [2.24, 2.45) is 4.99 Å². The minimum absolute atomic E-state index is 0. The van der Waals surface area contributed by atoms with Crippen LogP contribution in [-0.4, -0.2) is 23.6 Å². The summed E-state index contributed by atoms with van der Waals surface area (Å²) in [5, 5.41) is 7.71. The standard InChI is InChI=1S/C18H22N4O.HI/c1-2-19-18(20-9-12-22-10-5-6-11-22)21-14-16-13-15-7-3-4-8-17(15)23-16;/h3-8,10-11,13H,2,9,12,14H2,1H3,(H2,19,20,21);1H. The molecule has 0 atom stereocenters. The normalized spacial score (nSPS) is 11.3. The molecule has 2 heterocycles. The number of hydrogen-bond acceptors (Lipinski definition) is 2. The van der Waals surface area contributed by atoms with E-state index in [0.717, 1.165) is 42.3 Å². The summed E-state index contributed by atoms with van der Waals surface area (Å²) in [4.78, 5) is 4.59.